The number of carbonyl (C=O) groups excluding carboxylic acids is 1. The van der Waals surface area contributed by atoms with Gasteiger partial charge in [-0.2, -0.15) is 0 Å². The number of piperidine rings is 1. The van der Waals surface area contributed by atoms with E-state index in [0.717, 1.165) is 19.4 Å². The van der Waals surface area contributed by atoms with Crippen LogP contribution in [0.25, 0.3) is 0 Å². The van der Waals surface area contributed by atoms with Crippen molar-refractivity contribution >= 4 is 5.91 Å². The molecule has 2 saturated heterocycles. The van der Waals surface area contributed by atoms with E-state index in [2.05, 4.69) is 5.32 Å². The number of amides is 1. The highest BCUT2D eigenvalue weighted by Gasteiger charge is 2.32. The number of nitrogens with one attached hydrogen (secondary N) is 1. The summed E-state index contributed by atoms with van der Waals surface area (Å²) >= 11 is 0. The number of hydrogen-bond acceptors (Lipinski definition) is 4. The molecule has 5 nitrogen and oxygen atoms in total. The Bertz CT molecular complexity index is 247. The molecule has 2 heterocycles. The molecule has 2 fully saturated rings. The third-order valence-corrected chi connectivity index (χ3v) is 3.11. The second-order valence-electron chi connectivity index (χ2n) is 4.43. The van der Waals surface area contributed by atoms with Gasteiger partial charge in [0.2, 0.25) is 5.91 Å². The normalized spacial score (nSPS) is 36.9. The monoisotopic (exact) mass is 214 g/mol. The number of nitrogens with zero attached hydrogens (tertiary/aromatic N) is 1. The van der Waals surface area contributed by atoms with E-state index in [4.69, 9.17) is 0 Å². The molecule has 0 spiro atoms. The molecular weight excluding hydrogens is 196 g/mol. The molecule has 0 aromatic carbocycles. The van der Waals surface area contributed by atoms with E-state index in [1.54, 1.807) is 4.90 Å². The fraction of sp³-hybridized carbons (Fsp3) is 0.900. The predicted molar refractivity (Wildman–Crippen MR) is 54.2 cm³/mol. The number of carbonyl (C=O) groups is 1. The van der Waals surface area contributed by atoms with Gasteiger partial charge in [-0.1, -0.05) is 0 Å². The maximum Gasteiger partial charge on any atom is 0.239 e. The summed E-state index contributed by atoms with van der Waals surface area (Å²) in [5.41, 5.74) is 0. The van der Waals surface area contributed by atoms with Crippen molar-refractivity contribution in [1.29, 1.82) is 0 Å². The first-order chi connectivity index (χ1) is 7.16. The first-order valence-electron chi connectivity index (χ1n) is 5.55. The van der Waals surface area contributed by atoms with Crippen LogP contribution < -0.4 is 5.32 Å². The Morgan fingerprint density at radius 2 is 2.13 bits per heavy atom. The van der Waals surface area contributed by atoms with E-state index in [9.17, 15) is 15.0 Å². The molecule has 2 aliphatic heterocycles. The fourth-order valence-electron chi connectivity index (χ4n) is 2.28. The molecular formula is C10H18N2O3. The zero-order valence-electron chi connectivity index (χ0n) is 8.72. The van der Waals surface area contributed by atoms with Crippen molar-refractivity contribution < 1.29 is 15.0 Å². The van der Waals surface area contributed by atoms with Crippen LogP contribution in [0.3, 0.4) is 0 Å². The molecule has 0 radical (unpaired) electrons. The highest BCUT2D eigenvalue weighted by molar-refractivity contribution is 5.82. The smallest absolute Gasteiger partial charge is 0.239 e. The third-order valence-electron chi connectivity index (χ3n) is 3.11. The van der Waals surface area contributed by atoms with E-state index in [1.807, 2.05) is 0 Å². The highest BCUT2D eigenvalue weighted by atomic mass is 16.3. The Kier molecular flexibility index (Phi) is 3.23. The van der Waals surface area contributed by atoms with Crippen LogP contribution in [-0.4, -0.2) is 58.9 Å². The Hall–Kier alpha value is -0.650. The van der Waals surface area contributed by atoms with Crippen molar-refractivity contribution in [3.63, 3.8) is 0 Å². The second kappa shape index (κ2) is 4.47. The van der Waals surface area contributed by atoms with Crippen LogP contribution in [0.2, 0.25) is 0 Å². The minimum Gasteiger partial charge on any atom is -0.392 e. The van der Waals surface area contributed by atoms with Crippen molar-refractivity contribution in [2.24, 2.45) is 0 Å². The van der Waals surface area contributed by atoms with E-state index < -0.39 is 6.10 Å². The molecule has 86 valence electrons. The number of aliphatic hydroxyl groups excluding tert-OH is 2. The van der Waals surface area contributed by atoms with Crippen molar-refractivity contribution in [2.75, 3.05) is 19.6 Å². The van der Waals surface area contributed by atoms with Gasteiger partial charge in [-0.25, -0.2) is 0 Å². The van der Waals surface area contributed by atoms with Gasteiger partial charge in [0.15, 0.2) is 0 Å². The molecule has 3 atom stereocenters. The average Bonchev–Trinajstić information content (AvgIpc) is 2.64. The Balaban J connectivity index is 1.89. The van der Waals surface area contributed by atoms with Crippen LogP contribution in [0.15, 0.2) is 0 Å². The van der Waals surface area contributed by atoms with Gasteiger partial charge in [-0.15, -0.1) is 0 Å². The minimum absolute atomic E-state index is 0.0188. The largest absolute Gasteiger partial charge is 0.392 e. The molecule has 15 heavy (non-hydrogen) atoms. The maximum absolute atomic E-state index is 11.9. The summed E-state index contributed by atoms with van der Waals surface area (Å²) in [6, 6.07) is -0.259. The minimum atomic E-state index is -0.409. The molecule has 5 heteroatoms. The first kappa shape index (κ1) is 10.9. The molecule has 0 aromatic heterocycles. The van der Waals surface area contributed by atoms with Gasteiger partial charge in [0, 0.05) is 19.6 Å². The molecule has 2 aliphatic rings. The van der Waals surface area contributed by atoms with Crippen LogP contribution in [0.1, 0.15) is 19.3 Å². The van der Waals surface area contributed by atoms with Gasteiger partial charge in [-0.3, -0.25) is 4.79 Å². The average molecular weight is 214 g/mol. The molecule has 2 rings (SSSR count). The summed E-state index contributed by atoms with van der Waals surface area (Å²) < 4.78 is 0. The second-order valence-corrected chi connectivity index (χ2v) is 4.43. The Morgan fingerprint density at radius 3 is 2.73 bits per heavy atom. The zero-order valence-corrected chi connectivity index (χ0v) is 8.72. The quantitative estimate of drug-likeness (QED) is 0.507. The van der Waals surface area contributed by atoms with E-state index in [1.165, 1.54) is 0 Å². The van der Waals surface area contributed by atoms with Crippen LogP contribution in [0.4, 0.5) is 0 Å². The maximum atomic E-state index is 11.9. The summed E-state index contributed by atoms with van der Waals surface area (Å²) in [4.78, 5) is 13.6. The molecule has 0 aliphatic carbocycles. The zero-order chi connectivity index (χ0) is 10.8. The molecule has 0 bridgehead atoms. The van der Waals surface area contributed by atoms with Gasteiger partial charge < -0.3 is 20.4 Å². The lowest BCUT2D eigenvalue weighted by Gasteiger charge is -2.31. The lowest BCUT2D eigenvalue weighted by atomic mass is 10.1. The van der Waals surface area contributed by atoms with Crippen LogP contribution >= 0.6 is 0 Å². The van der Waals surface area contributed by atoms with Crippen LogP contribution in [-0.2, 0) is 4.79 Å². The van der Waals surface area contributed by atoms with Crippen molar-refractivity contribution in [1.82, 2.24) is 10.2 Å². The van der Waals surface area contributed by atoms with E-state index in [0.29, 0.717) is 19.5 Å². The Labute approximate surface area is 89.1 Å². The van der Waals surface area contributed by atoms with Crippen LogP contribution in [0, 0.1) is 0 Å². The molecule has 0 saturated carbocycles. The topological polar surface area (TPSA) is 72.8 Å². The van der Waals surface area contributed by atoms with Gasteiger partial charge >= 0.3 is 0 Å². The number of rotatable bonds is 1. The van der Waals surface area contributed by atoms with Gasteiger partial charge in [0.25, 0.3) is 0 Å². The lowest BCUT2D eigenvalue weighted by Crippen LogP contribution is -2.49. The number of likely N-dealkylation sites (tertiary alicyclic amines) is 1. The van der Waals surface area contributed by atoms with Crippen molar-refractivity contribution in [2.45, 2.75) is 37.5 Å². The Morgan fingerprint density at radius 1 is 1.33 bits per heavy atom. The van der Waals surface area contributed by atoms with Gasteiger partial charge in [0.1, 0.15) is 0 Å². The van der Waals surface area contributed by atoms with Gasteiger partial charge in [-0.05, 0) is 19.3 Å². The van der Waals surface area contributed by atoms with Gasteiger partial charge in [0.05, 0.1) is 18.2 Å². The summed E-state index contributed by atoms with van der Waals surface area (Å²) in [7, 11) is 0. The highest BCUT2D eigenvalue weighted by Crippen LogP contribution is 2.14. The number of β-amino-alcohol motifs (C(OH)–C–C–N with tert-alkyl or cyclic N) is 2. The molecule has 2 unspecified atom stereocenters. The van der Waals surface area contributed by atoms with E-state index >= 15 is 0 Å². The summed E-state index contributed by atoms with van der Waals surface area (Å²) in [6.07, 6.45) is 1.35. The summed E-state index contributed by atoms with van der Waals surface area (Å²) in [5, 5.41) is 21.8. The third kappa shape index (κ3) is 2.48. The summed E-state index contributed by atoms with van der Waals surface area (Å²) in [5.74, 6) is 0.0188. The van der Waals surface area contributed by atoms with E-state index in [-0.39, 0.29) is 18.1 Å². The molecule has 1 amide bonds. The number of hydrogen-bond donors (Lipinski definition) is 3. The van der Waals surface area contributed by atoms with Crippen molar-refractivity contribution in [3.05, 3.63) is 0 Å². The first-order valence-corrected chi connectivity index (χ1v) is 5.55. The number of aliphatic hydroxyl groups is 2. The lowest BCUT2D eigenvalue weighted by molar-refractivity contribution is -0.136. The van der Waals surface area contributed by atoms with Crippen LogP contribution in [0.5, 0.6) is 0 Å². The predicted octanol–water partition coefficient (Wildman–Crippen LogP) is -1.31. The SMILES string of the molecule is O=C(C1CC(O)CN1)N1CCC[C@H](O)C1. The fourth-order valence-corrected chi connectivity index (χ4v) is 2.28. The molecule has 3 N–H and O–H groups in total. The summed E-state index contributed by atoms with van der Waals surface area (Å²) in [6.45, 7) is 1.66. The van der Waals surface area contributed by atoms with Crippen molar-refractivity contribution in [3.8, 4) is 0 Å². The molecule has 0 aromatic rings. The standard InChI is InChI=1S/C10H18N2O3/c13-7-2-1-3-12(6-7)10(15)9-4-8(14)5-11-9/h7-9,11,13-14H,1-6H2/t7-,8?,9?/m0/s1.